The molecule has 3 heterocycles. The Kier molecular flexibility index (Phi) is 3.92. The summed E-state index contributed by atoms with van der Waals surface area (Å²) in [5.74, 6) is 2.14. The Morgan fingerprint density at radius 2 is 2.21 bits per heavy atom. The van der Waals surface area contributed by atoms with Crippen LogP contribution in [0, 0.1) is 5.92 Å². The van der Waals surface area contributed by atoms with Gasteiger partial charge in [0.15, 0.2) is 0 Å². The average molecular weight is 261 g/mol. The van der Waals surface area contributed by atoms with Gasteiger partial charge >= 0.3 is 0 Å². The molecule has 3 nitrogen and oxygen atoms in total. The van der Waals surface area contributed by atoms with Crippen molar-refractivity contribution >= 4 is 0 Å². The number of hydrogen-bond acceptors (Lipinski definition) is 2. The van der Waals surface area contributed by atoms with Crippen LogP contribution in [0.5, 0.6) is 0 Å². The quantitative estimate of drug-likeness (QED) is 0.834. The minimum atomic E-state index is 0.730. The van der Waals surface area contributed by atoms with E-state index in [0.717, 1.165) is 18.4 Å². The smallest absolute Gasteiger partial charge is 0.108 e. The Morgan fingerprint density at radius 1 is 1.32 bits per heavy atom. The summed E-state index contributed by atoms with van der Waals surface area (Å²) < 4.78 is 2.41. The van der Waals surface area contributed by atoms with E-state index >= 15 is 0 Å². The third kappa shape index (κ3) is 2.86. The summed E-state index contributed by atoms with van der Waals surface area (Å²) in [5, 5.41) is 0. The summed E-state index contributed by atoms with van der Waals surface area (Å²) in [4.78, 5) is 7.53. The molecule has 0 spiro atoms. The summed E-state index contributed by atoms with van der Waals surface area (Å²) in [6.07, 6.45) is 10.1. The summed E-state index contributed by atoms with van der Waals surface area (Å²) in [5.41, 5.74) is 1.33. The minimum absolute atomic E-state index is 0.730. The Bertz CT molecular complexity index is 424. The van der Waals surface area contributed by atoms with Gasteiger partial charge < -0.3 is 9.47 Å². The largest absolute Gasteiger partial charge is 0.334 e. The normalized spacial score (nSPS) is 28.3. The van der Waals surface area contributed by atoms with Crippen LogP contribution in [-0.2, 0) is 19.4 Å². The van der Waals surface area contributed by atoms with Crippen LogP contribution in [0.15, 0.2) is 6.20 Å². The van der Waals surface area contributed by atoms with E-state index in [2.05, 4.69) is 29.5 Å². The molecule has 3 heteroatoms. The van der Waals surface area contributed by atoms with Gasteiger partial charge in [-0.3, -0.25) is 0 Å². The van der Waals surface area contributed by atoms with Gasteiger partial charge in [0.05, 0.1) is 5.69 Å². The SMILES string of the molecule is CCN1CCCCC1Cc1cn2c(n1)CCC(C)C2. The lowest BCUT2D eigenvalue weighted by molar-refractivity contribution is 0.154. The molecule has 0 aromatic carbocycles. The third-order valence-electron chi connectivity index (χ3n) is 4.88. The molecule has 1 aromatic heterocycles. The molecule has 2 aliphatic rings. The fourth-order valence-electron chi connectivity index (χ4n) is 3.72. The van der Waals surface area contributed by atoms with Crippen molar-refractivity contribution in [2.45, 2.75) is 65.0 Å². The Balaban J connectivity index is 1.69. The fourth-order valence-corrected chi connectivity index (χ4v) is 3.72. The second-order valence-electron chi connectivity index (χ2n) is 6.43. The van der Waals surface area contributed by atoms with Crippen molar-refractivity contribution in [2.24, 2.45) is 5.92 Å². The first-order valence-corrected chi connectivity index (χ1v) is 8.05. The topological polar surface area (TPSA) is 21.1 Å². The number of fused-ring (bicyclic) bond motifs is 1. The zero-order chi connectivity index (χ0) is 13.2. The maximum atomic E-state index is 4.88. The summed E-state index contributed by atoms with van der Waals surface area (Å²) in [7, 11) is 0. The highest BCUT2D eigenvalue weighted by atomic mass is 15.2. The zero-order valence-corrected chi connectivity index (χ0v) is 12.4. The first kappa shape index (κ1) is 13.2. The van der Waals surface area contributed by atoms with E-state index in [1.165, 1.54) is 63.3 Å². The molecule has 1 aromatic rings. The molecular formula is C16H27N3. The summed E-state index contributed by atoms with van der Waals surface area (Å²) in [6.45, 7) is 8.28. The molecule has 0 N–H and O–H groups in total. The van der Waals surface area contributed by atoms with Crippen LogP contribution in [0.3, 0.4) is 0 Å². The maximum absolute atomic E-state index is 4.88. The van der Waals surface area contributed by atoms with Crippen molar-refractivity contribution < 1.29 is 0 Å². The second-order valence-corrected chi connectivity index (χ2v) is 6.43. The van der Waals surface area contributed by atoms with Crippen molar-refractivity contribution in [2.75, 3.05) is 13.1 Å². The molecule has 0 amide bonds. The lowest BCUT2D eigenvalue weighted by atomic mass is 9.98. The van der Waals surface area contributed by atoms with Crippen LogP contribution in [0.2, 0.25) is 0 Å². The molecular weight excluding hydrogens is 234 g/mol. The van der Waals surface area contributed by atoms with Crippen LogP contribution in [0.4, 0.5) is 0 Å². The number of hydrogen-bond donors (Lipinski definition) is 0. The van der Waals surface area contributed by atoms with Crippen molar-refractivity contribution in [1.29, 1.82) is 0 Å². The predicted octanol–water partition coefficient (Wildman–Crippen LogP) is 2.88. The molecule has 0 saturated carbocycles. The molecule has 0 radical (unpaired) electrons. The van der Waals surface area contributed by atoms with E-state index in [-0.39, 0.29) is 0 Å². The van der Waals surface area contributed by atoms with Gasteiger partial charge in [0.2, 0.25) is 0 Å². The standard InChI is InChI=1S/C16H27N3/c1-3-18-9-5-4-6-15(18)10-14-12-19-11-13(2)7-8-16(19)17-14/h12-13,15H,3-11H2,1-2H3. The van der Waals surface area contributed by atoms with Crippen molar-refractivity contribution in [3.63, 3.8) is 0 Å². The molecule has 2 aliphatic heterocycles. The van der Waals surface area contributed by atoms with E-state index in [4.69, 9.17) is 4.98 Å². The molecule has 3 rings (SSSR count). The molecule has 0 aliphatic carbocycles. The van der Waals surface area contributed by atoms with E-state index in [1.54, 1.807) is 0 Å². The first-order chi connectivity index (χ1) is 9.26. The van der Waals surface area contributed by atoms with Gasteiger partial charge in [-0.2, -0.15) is 0 Å². The third-order valence-corrected chi connectivity index (χ3v) is 4.88. The number of nitrogens with zero attached hydrogens (tertiary/aromatic N) is 3. The average Bonchev–Trinajstić information content (AvgIpc) is 2.80. The molecule has 19 heavy (non-hydrogen) atoms. The van der Waals surface area contributed by atoms with E-state index in [0.29, 0.717) is 0 Å². The van der Waals surface area contributed by atoms with Gasteiger partial charge in [-0.1, -0.05) is 20.3 Å². The number of likely N-dealkylation sites (tertiary alicyclic amines) is 1. The highest BCUT2D eigenvalue weighted by molar-refractivity contribution is 5.08. The first-order valence-electron chi connectivity index (χ1n) is 8.05. The van der Waals surface area contributed by atoms with Gasteiger partial charge in [0.1, 0.15) is 5.82 Å². The Hall–Kier alpha value is -0.830. The van der Waals surface area contributed by atoms with Crippen molar-refractivity contribution in [1.82, 2.24) is 14.5 Å². The van der Waals surface area contributed by atoms with Gasteiger partial charge in [0, 0.05) is 31.6 Å². The lowest BCUT2D eigenvalue weighted by Gasteiger charge is -2.34. The van der Waals surface area contributed by atoms with Gasteiger partial charge in [-0.05, 0) is 38.3 Å². The molecule has 1 fully saturated rings. The highest BCUT2D eigenvalue weighted by Gasteiger charge is 2.23. The molecule has 2 atom stereocenters. The lowest BCUT2D eigenvalue weighted by Crippen LogP contribution is -2.40. The maximum Gasteiger partial charge on any atom is 0.108 e. The van der Waals surface area contributed by atoms with Crippen LogP contribution >= 0.6 is 0 Å². The predicted molar refractivity (Wildman–Crippen MR) is 78.3 cm³/mol. The fraction of sp³-hybridized carbons (Fsp3) is 0.812. The van der Waals surface area contributed by atoms with Crippen LogP contribution in [0.25, 0.3) is 0 Å². The highest BCUT2D eigenvalue weighted by Crippen LogP contribution is 2.23. The second kappa shape index (κ2) is 5.66. The number of likely N-dealkylation sites (N-methyl/N-ethyl adjacent to an activating group) is 1. The molecule has 106 valence electrons. The van der Waals surface area contributed by atoms with E-state index < -0.39 is 0 Å². The molecule has 2 unspecified atom stereocenters. The van der Waals surface area contributed by atoms with Crippen LogP contribution < -0.4 is 0 Å². The van der Waals surface area contributed by atoms with Crippen LogP contribution in [-0.4, -0.2) is 33.6 Å². The Labute approximate surface area is 117 Å². The monoisotopic (exact) mass is 261 g/mol. The number of aromatic nitrogens is 2. The zero-order valence-electron chi connectivity index (χ0n) is 12.4. The van der Waals surface area contributed by atoms with E-state index in [9.17, 15) is 0 Å². The number of aryl methyl sites for hydroxylation is 1. The van der Waals surface area contributed by atoms with E-state index in [1.807, 2.05) is 0 Å². The van der Waals surface area contributed by atoms with Crippen LogP contribution in [0.1, 0.15) is 51.0 Å². The number of imidazole rings is 1. The summed E-state index contributed by atoms with van der Waals surface area (Å²) in [6, 6.07) is 0.730. The van der Waals surface area contributed by atoms with Gasteiger partial charge in [-0.25, -0.2) is 4.98 Å². The minimum Gasteiger partial charge on any atom is -0.334 e. The van der Waals surface area contributed by atoms with Crippen molar-refractivity contribution in [3.05, 3.63) is 17.7 Å². The Morgan fingerprint density at radius 3 is 3.05 bits per heavy atom. The molecule has 0 bridgehead atoms. The van der Waals surface area contributed by atoms with Gasteiger partial charge in [0.25, 0.3) is 0 Å². The van der Waals surface area contributed by atoms with Gasteiger partial charge in [-0.15, -0.1) is 0 Å². The number of piperidine rings is 1. The summed E-state index contributed by atoms with van der Waals surface area (Å²) >= 11 is 0. The van der Waals surface area contributed by atoms with Crippen molar-refractivity contribution in [3.8, 4) is 0 Å². The molecule has 1 saturated heterocycles. The number of rotatable bonds is 3.